The predicted octanol–water partition coefficient (Wildman–Crippen LogP) is 2.07. The minimum Gasteiger partial charge on any atom is -0.388 e. The maximum atomic E-state index is 12.8. The van der Waals surface area contributed by atoms with Gasteiger partial charge in [0.2, 0.25) is 0 Å². The normalized spacial score (nSPS) is 19.5. The van der Waals surface area contributed by atoms with Crippen LogP contribution in [0.15, 0.2) is 4.99 Å². The van der Waals surface area contributed by atoms with E-state index in [0.717, 1.165) is 0 Å². The van der Waals surface area contributed by atoms with E-state index in [9.17, 15) is 18.3 Å². The molecule has 1 atom stereocenters. The summed E-state index contributed by atoms with van der Waals surface area (Å²) in [5.41, 5.74) is -0.826. The van der Waals surface area contributed by atoms with Gasteiger partial charge < -0.3 is 15.3 Å². The van der Waals surface area contributed by atoms with E-state index in [1.165, 1.54) is 11.8 Å². The number of guanidine groups is 1. The van der Waals surface area contributed by atoms with E-state index in [2.05, 4.69) is 10.3 Å². The zero-order valence-corrected chi connectivity index (χ0v) is 15.2. The molecule has 1 unspecified atom stereocenters. The van der Waals surface area contributed by atoms with Crippen molar-refractivity contribution in [3.05, 3.63) is 0 Å². The molecule has 0 spiro atoms. The van der Waals surface area contributed by atoms with Crippen LogP contribution in [0.3, 0.4) is 0 Å². The van der Waals surface area contributed by atoms with Crippen LogP contribution >= 0.6 is 0 Å². The van der Waals surface area contributed by atoms with Crippen LogP contribution in [0.1, 0.15) is 40.5 Å². The van der Waals surface area contributed by atoms with Crippen molar-refractivity contribution >= 4 is 5.96 Å². The first-order chi connectivity index (χ1) is 11.2. The zero-order valence-electron chi connectivity index (χ0n) is 15.2. The number of halogens is 3. The molecular formula is C16H31F3N4O. The summed E-state index contributed by atoms with van der Waals surface area (Å²) in [7, 11) is 0. The molecule has 1 heterocycles. The van der Waals surface area contributed by atoms with E-state index in [1.54, 1.807) is 0 Å². The maximum absolute atomic E-state index is 12.8. The minimum absolute atomic E-state index is 0.293. The number of hydrogen-bond donors (Lipinski definition) is 2. The molecule has 1 fully saturated rings. The number of alkyl halides is 3. The molecule has 1 rings (SSSR count). The molecule has 0 aromatic heterocycles. The van der Waals surface area contributed by atoms with E-state index >= 15 is 0 Å². The summed E-state index contributed by atoms with van der Waals surface area (Å²) in [6.07, 6.45) is -2.97. The van der Waals surface area contributed by atoms with Crippen molar-refractivity contribution in [3.8, 4) is 0 Å². The first-order valence-electron chi connectivity index (χ1n) is 8.73. The van der Waals surface area contributed by atoms with Crippen LogP contribution in [0.5, 0.6) is 0 Å². The van der Waals surface area contributed by atoms with Gasteiger partial charge in [0.05, 0.1) is 12.1 Å². The van der Waals surface area contributed by atoms with Gasteiger partial charge in [-0.2, -0.15) is 13.2 Å². The average molecular weight is 352 g/mol. The second-order valence-electron chi connectivity index (χ2n) is 6.34. The highest BCUT2D eigenvalue weighted by Gasteiger charge is 2.41. The van der Waals surface area contributed by atoms with Gasteiger partial charge in [0.15, 0.2) is 5.96 Å². The fourth-order valence-electron chi connectivity index (χ4n) is 2.65. The van der Waals surface area contributed by atoms with Crippen molar-refractivity contribution in [1.82, 2.24) is 15.1 Å². The van der Waals surface area contributed by atoms with E-state index < -0.39 is 17.8 Å². The van der Waals surface area contributed by atoms with Gasteiger partial charge in [-0.1, -0.05) is 13.8 Å². The van der Waals surface area contributed by atoms with Gasteiger partial charge in [-0.25, -0.2) is 0 Å². The van der Waals surface area contributed by atoms with E-state index in [0.29, 0.717) is 58.1 Å². The number of aliphatic imine (C=N–C) groups is 1. The second kappa shape index (κ2) is 8.89. The highest BCUT2D eigenvalue weighted by atomic mass is 19.4. The summed E-state index contributed by atoms with van der Waals surface area (Å²) in [5, 5.41) is 13.5. The Morgan fingerprint density at radius 2 is 1.67 bits per heavy atom. The van der Waals surface area contributed by atoms with Gasteiger partial charge in [0.1, 0.15) is 6.04 Å². The Hall–Kier alpha value is -1.02. The Labute approximate surface area is 142 Å². The van der Waals surface area contributed by atoms with Crippen molar-refractivity contribution in [2.75, 3.05) is 39.3 Å². The van der Waals surface area contributed by atoms with Crippen molar-refractivity contribution in [2.45, 2.75) is 58.4 Å². The summed E-state index contributed by atoms with van der Waals surface area (Å²) in [6, 6.07) is -1.43. The largest absolute Gasteiger partial charge is 0.403 e. The summed E-state index contributed by atoms with van der Waals surface area (Å²) in [4.78, 5) is 7.93. The van der Waals surface area contributed by atoms with Crippen LogP contribution < -0.4 is 5.32 Å². The standard InChI is InChI=1S/C16H31F3N4O/c1-5-15(24,6-2)12-21-14(20-7-3)23-10-8-22(9-11-23)13(4)16(17,18)19/h13,24H,5-12H2,1-4H3,(H,20,21). The van der Waals surface area contributed by atoms with Gasteiger partial charge >= 0.3 is 6.18 Å². The maximum Gasteiger partial charge on any atom is 0.403 e. The monoisotopic (exact) mass is 352 g/mol. The Balaban J connectivity index is 2.69. The lowest BCUT2D eigenvalue weighted by atomic mass is 9.98. The molecular weight excluding hydrogens is 321 g/mol. The van der Waals surface area contributed by atoms with Crippen LogP contribution in [-0.4, -0.2) is 78.0 Å². The number of nitrogens with one attached hydrogen (secondary N) is 1. The van der Waals surface area contributed by atoms with Crippen molar-refractivity contribution in [2.24, 2.45) is 4.99 Å². The molecule has 24 heavy (non-hydrogen) atoms. The molecule has 0 amide bonds. The van der Waals surface area contributed by atoms with Gasteiger partial charge in [-0.15, -0.1) is 0 Å². The van der Waals surface area contributed by atoms with Gasteiger partial charge in [0, 0.05) is 32.7 Å². The molecule has 0 radical (unpaired) electrons. The molecule has 1 aliphatic rings. The molecule has 5 nitrogen and oxygen atoms in total. The third-order valence-corrected chi connectivity index (χ3v) is 4.81. The number of nitrogens with zero attached hydrogens (tertiary/aromatic N) is 3. The summed E-state index contributed by atoms with van der Waals surface area (Å²) in [6.45, 7) is 9.63. The molecule has 1 aliphatic heterocycles. The topological polar surface area (TPSA) is 51.1 Å². The molecule has 0 saturated carbocycles. The quantitative estimate of drug-likeness (QED) is 0.568. The van der Waals surface area contributed by atoms with E-state index in [1.807, 2.05) is 25.7 Å². The average Bonchev–Trinajstić information content (AvgIpc) is 2.57. The smallest absolute Gasteiger partial charge is 0.388 e. The lowest BCUT2D eigenvalue weighted by Gasteiger charge is -2.40. The molecule has 2 N–H and O–H groups in total. The summed E-state index contributed by atoms with van der Waals surface area (Å²) in [5.74, 6) is 0.664. The minimum atomic E-state index is -4.19. The van der Waals surface area contributed by atoms with Crippen LogP contribution in [0.2, 0.25) is 0 Å². The third kappa shape index (κ3) is 5.81. The van der Waals surface area contributed by atoms with Crippen LogP contribution in [0, 0.1) is 0 Å². The first kappa shape index (κ1) is 21.0. The highest BCUT2D eigenvalue weighted by molar-refractivity contribution is 5.80. The van der Waals surface area contributed by atoms with Gasteiger partial charge in [-0.05, 0) is 26.7 Å². The highest BCUT2D eigenvalue weighted by Crippen LogP contribution is 2.25. The van der Waals surface area contributed by atoms with Crippen molar-refractivity contribution < 1.29 is 18.3 Å². The molecule has 8 heteroatoms. The Bertz CT molecular complexity index is 403. The fourth-order valence-corrected chi connectivity index (χ4v) is 2.65. The van der Waals surface area contributed by atoms with Crippen molar-refractivity contribution in [3.63, 3.8) is 0 Å². The lowest BCUT2D eigenvalue weighted by Crippen LogP contribution is -2.57. The van der Waals surface area contributed by atoms with Gasteiger partial charge in [-0.3, -0.25) is 9.89 Å². The van der Waals surface area contributed by atoms with E-state index in [4.69, 9.17) is 0 Å². The summed E-state index contributed by atoms with van der Waals surface area (Å²) < 4.78 is 38.5. The van der Waals surface area contributed by atoms with Crippen molar-refractivity contribution in [1.29, 1.82) is 0 Å². The Morgan fingerprint density at radius 3 is 2.08 bits per heavy atom. The molecule has 0 aromatic rings. The zero-order chi connectivity index (χ0) is 18.4. The fraction of sp³-hybridized carbons (Fsp3) is 0.938. The third-order valence-electron chi connectivity index (χ3n) is 4.81. The Kier molecular flexibility index (Phi) is 7.79. The first-order valence-corrected chi connectivity index (χ1v) is 8.73. The van der Waals surface area contributed by atoms with Crippen LogP contribution in [-0.2, 0) is 0 Å². The summed E-state index contributed by atoms with van der Waals surface area (Å²) >= 11 is 0. The molecule has 1 saturated heterocycles. The number of aliphatic hydroxyl groups is 1. The Morgan fingerprint density at radius 1 is 1.12 bits per heavy atom. The lowest BCUT2D eigenvalue weighted by molar-refractivity contribution is -0.181. The second-order valence-corrected chi connectivity index (χ2v) is 6.34. The molecule has 0 aromatic carbocycles. The van der Waals surface area contributed by atoms with Crippen LogP contribution in [0.25, 0.3) is 0 Å². The molecule has 0 aliphatic carbocycles. The SMILES string of the molecule is CCNC(=NCC(O)(CC)CC)N1CCN(C(C)C(F)(F)F)CC1. The number of rotatable bonds is 6. The predicted molar refractivity (Wildman–Crippen MR) is 90.2 cm³/mol. The van der Waals surface area contributed by atoms with Gasteiger partial charge in [0.25, 0.3) is 0 Å². The molecule has 142 valence electrons. The molecule has 0 bridgehead atoms. The van der Waals surface area contributed by atoms with E-state index in [-0.39, 0.29) is 0 Å². The number of piperazine rings is 1. The van der Waals surface area contributed by atoms with Crippen LogP contribution in [0.4, 0.5) is 13.2 Å². The number of hydrogen-bond acceptors (Lipinski definition) is 3.